The summed E-state index contributed by atoms with van der Waals surface area (Å²) in [5.41, 5.74) is 20.4. The smallest absolute Gasteiger partial charge is 0.0543 e. The van der Waals surface area contributed by atoms with Gasteiger partial charge in [0.15, 0.2) is 0 Å². The monoisotopic (exact) mass is 615 g/mol. The second kappa shape index (κ2) is 10.1. The number of anilines is 3. The SMILES string of the molecule is CC1(C)c2ccccc2-c2c(N(c3ccc(-c4ccccc4)cc3)c3ccc4c(c3)C3(Cc5ccccc53)C3=C4CCC=C3)cccc21. The van der Waals surface area contributed by atoms with E-state index < -0.39 is 0 Å². The van der Waals surface area contributed by atoms with Crippen LogP contribution in [0.1, 0.15) is 60.1 Å². The zero-order valence-corrected chi connectivity index (χ0v) is 27.5. The lowest BCUT2D eigenvalue weighted by Crippen LogP contribution is -2.40. The Balaban J connectivity index is 1.20. The van der Waals surface area contributed by atoms with Gasteiger partial charge in [-0.15, -0.1) is 0 Å². The summed E-state index contributed by atoms with van der Waals surface area (Å²) < 4.78 is 0. The molecule has 10 rings (SSSR count). The van der Waals surface area contributed by atoms with Crippen molar-refractivity contribution in [3.8, 4) is 22.3 Å². The molecule has 1 nitrogen and oxygen atoms in total. The molecule has 0 radical (unpaired) electrons. The number of benzene rings is 6. The van der Waals surface area contributed by atoms with Crippen LogP contribution in [-0.2, 0) is 17.3 Å². The van der Waals surface area contributed by atoms with E-state index in [4.69, 9.17) is 0 Å². The number of hydrogen-bond donors (Lipinski definition) is 0. The molecular formula is C47H37N. The Bertz CT molecular complexity index is 2340. The largest absolute Gasteiger partial charge is 0.310 e. The standard InChI is InChI=1S/C47H37N/c1-46(2)40-19-10-8-17-38(40)45-42(46)21-12-22-44(45)48(34-25-23-32(24-26-34)31-13-4-3-5-14-31)35-27-28-37-36-16-7-11-20-41(36)47(43(37)29-35)30-33-15-6-9-18-39(33)47/h3-6,8-15,17-29H,7,16,30H2,1-2H3. The number of hydrogen-bond acceptors (Lipinski definition) is 1. The van der Waals surface area contributed by atoms with Crippen molar-refractivity contribution in [2.24, 2.45) is 0 Å². The first-order valence-corrected chi connectivity index (χ1v) is 17.4. The number of rotatable bonds is 4. The van der Waals surface area contributed by atoms with Crippen molar-refractivity contribution in [1.29, 1.82) is 0 Å². The molecular weight excluding hydrogens is 579 g/mol. The second-order valence-electron chi connectivity index (χ2n) is 14.4. The third kappa shape index (κ3) is 3.68. The first kappa shape index (κ1) is 27.7. The predicted octanol–water partition coefficient (Wildman–Crippen LogP) is 12.1. The summed E-state index contributed by atoms with van der Waals surface area (Å²) in [5, 5.41) is 0. The van der Waals surface area contributed by atoms with E-state index in [1.165, 1.54) is 78.3 Å². The van der Waals surface area contributed by atoms with Crippen LogP contribution in [0.5, 0.6) is 0 Å². The minimum Gasteiger partial charge on any atom is -0.310 e. The normalized spacial score (nSPS) is 18.9. The Hall–Kier alpha value is -5.40. The molecule has 0 saturated heterocycles. The van der Waals surface area contributed by atoms with Gasteiger partial charge < -0.3 is 4.90 Å². The first-order chi connectivity index (χ1) is 23.6. The highest BCUT2D eigenvalue weighted by molar-refractivity contribution is 5.96. The van der Waals surface area contributed by atoms with E-state index in [2.05, 4.69) is 170 Å². The molecule has 0 N–H and O–H groups in total. The van der Waals surface area contributed by atoms with Gasteiger partial charge in [-0.2, -0.15) is 0 Å². The van der Waals surface area contributed by atoms with E-state index in [1.54, 1.807) is 5.57 Å². The van der Waals surface area contributed by atoms with E-state index in [-0.39, 0.29) is 10.8 Å². The Morgan fingerprint density at radius 1 is 0.562 bits per heavy atom. The molecule has 48 heavy (non-hydrogen) atoms. The lowest BCUT2D eigenvalue weighted by Gasteiger charge is -2.44. The summed E-state index contributed by atoms with van der Waals surface area (Å²) in [5.74, 6) is 0. The molecule has 0 bridgehead atoms. The molecule has 0 saturated carbocycles. The molecule has 1 unspecified atom stereocenters. The molecule has 1 atom stereocenters. The molecule has 6 aromatic rings. The summed E-state index contributed by atoms with van der Waals surface area (Å²) >= 11 is 0. The van der Waals surface area contributed by atoms with Crippen molar-refractivity contribution in [3.63, 3.8) is 0 Å². The average Bonchev–Trinajstić information content (AvgIpc) is 3.56. The Morgan fingerprint density at radius 2 is 1.27 bits per heavy atom. The van der Waals surface area contributed by atoms with E-state index in [1.807, 2.05) is 0 Å². The number of nitrogens with zero attached hydrogens (tertiary/aromatic N) is 1. The zero-order valence-electron chi connectivity index (χ0n) is 27.5. The van der Waals surface area contributed by atoms with E-state index >= 15 is 0 Å². The van der Waals surface area contributed by atoms with Crippen LogP contribution < -0.4 is 4.90 Å². The highest BCUT2D eigenvalue weighted by Gasteiger charge is 2.52. The lowest BCUT2D eigenvalue weighted by atomic mass is 9.58. The third-order valence-corrected chi connectivity index (χ3v) is 11.7. The molecule has 4 aliphatic carbocycles. The minimum absolute atomic E-state index is 0.0652. The van der Waals surface area contributed by atoms with Crippen molar-refractivity contribution < 1.29 is 0 Å². The van der Waals surface area contributed by atoms with Gasteiger partial charge in [-0.05, 0) is 111 Å². The predicted molar refractivity (Wildman–Crippen MR) is 200 cm³/mol. The maximum Gasteiger partial charge on any atom is 0.0543 e. The van der Waals surface area contributed by atoms with Crippen LogP contribution in [0.15, 0.2) is 157 Å². The summed E-state index contributed by atoms with van der Waals surface area (Å²) in [6, 6.07) is 52.3. The summed E-state index contributed by atoms with van der Waals surface area (Å²) in [7, 11) is 0. The van der Waals surface area contributed by atoms with Crippen molar-refractivity contribution in [3.05, 3.63) is 191 Å². The van der Waals surface area contributed by atoms with E-state index in [9.17, 15) is 0 Å². The number of fused-ring (bicyclic) bond motifs is 9. The fraction of sp³-hybridized carbons (Fsp3) is 0.149. The molecule has 0 heterocycles. The average molecular weight is 616 g/mol. The van der Waals surface area contributed by atoms with Gasteiger partial charge in [0.05, 0.1) is 11.1 Å². The summed E-state index contributed by atoms with van der Waals surface area (Å²) in [6.07, 6.45) is 8.13. The van der Waals surface area contributed by atoms with Gasteiger partial charge in [-0.25, -0.2) is 0 Å². The van der Waals surface area contributed by atoms with Gasteiger partial charge >= 0.3 is 0 Å². The third-order valence-electron chi connectivity index (χ3n) is 11.7. The highest BCUT2D eigenvalue weighted by Crippen LogP contribution is 2.61. The molecule has 0 fully saturated rings. The van der Waals surface area contributed by atoms with Gasteiger partial charge in [0.25, 0.3) is 0 Å². The first-order valence-electron chi connectivity index (χ1n) is 17.4. The van der Waals surface area contributed by atoms with Crippen molar-refractivity contribution >= 4 is 22.6 Å². The summed E-state index contributed by atoms with van der Waals surface area (Å²) in [6.45, 7) is 4.74. The topological polar surface area (TPSA) is 3.24 Å². The quantitative estimate of drug-likeness (QED) is 0.191. The van der Waals surface area contributed by atoms with Crippen molar-refractivity contribution in [2.75, 3.05) is 4.90 Å². The molecule has 4 aliphatic rings. The highest BCUT2D eigenvalue weighted by atomic mass is 15.1. The molecule has 6 aromatic carbocycles. The summed E-state index contributed by atoms with van der Waals surface area (Å²) in [4.78, 5) is 2.53. The molecule has 230 valence electrons. The molecule has 1 heteroatoms. The molecule has 0 amide bonds. The van der Waals surface area contributed by atoms with Gasteiger partial charge in [0.1, 0.15) is 0 Å². The molecule has 0 aromatic heterocycles. The van der Waals surface area contributed by atoms with Crippen LogP contribution in [0.2, 0.25) is 0 Å². The van der Waals surface area contributed by atoms with Crippen LogP contribution in [0.25, 0.3) is 27.8 Å². The van der Waals surface area contributed by atoms with Gasteiger partial charge in [-0.3, -0.25) is 0 Å². The van der Waals surface area contributed by atoms with Crippen molar-refractivity contribution in [1.82, 2.24) is 0 Å². The number of allylic oxidation sites excluding steroid dienone is 4. The van der Waals surface area contributed by atoms with Gasteiger partial charge in [0.2, 0.25) is 0 Å². The van der Waals surface area contributed by atoms with E-state index in [0.717, 1.165) is 19.3 Å². The molecule has 0 aliphatic heterocycles. The Morgan fingerprint density at radius 3 is 2.10 bits per heavy atom. The maximum atomic E-state index is 2.54. The molecule has 1 spiro atoms. The second-order valence-corrected chi connectivity index (χ2v) is 14.4. The lowest BCUT2D eigenvalue weighted by molar-refractivity contribution is 0.545. The van der Waals surface area contributed by atoms with Gasteiger partial charge in [0, 0.05) is 22.4 Å². The zero-order chi connectivity index (χ0) is 32.0. The Labute approximate surface area is 283 Å². The van der Waals surface area contributed by atoms with Crippen LogP contribution in [0.4, 0.5) is 17.1 Å². The van der Waals surface area contributed by atoms with Crippen LogP contribution in [0.3, 0.4) is 0 Å². The van der Waals surface area contributed by atoms with Crippen LogP contribution >= 0.6 is 0 Å². The van der Waals surface area contributed by atoms with Gasteiger partial charge in [-0.1, -0.05) is 135 Å². The van der Waals surface area contributed by atoms with E-state index in [0.29, 0.717) is 0 Å². The maximum absolute atomic E-state index is 2.54. The Kier molecular flexibility index (Phi) is 5.80. The minimum atomic E-state index is -0.0717. The van der Waals surface area contributed by atoms with Crippen LogP contribution in [-0.4, -0.2) is 0 Å². The fourth-order valence-electron chi connectivity index (χ4n) is 9.40. The van der Waals surface area contributed by atoms with Crippen molar-refractivity contribution in [2.45, 2.75) is 43.9 Å². The fourth-order valence-corrected chi connectivity index (χ4v) is 9.40. The van der Waals surface area contributed by atoms with Crippen LogP contribution in [0, 0.1) is 0 Å².